The summed E-state index contributed by atoms with van der Waals surface area (Å²) in [7, 11) is 1.49. The number of nitrogens with zero attached hydrogens (tertiary/aromatic N) is 4. The van der Waals surface area contributed by atoms with E-state index in [4.69, 9.17) is 16.3 Å². The fourth-order valence-corrected chi connectivity index (χ4v) is 6.22. The lowest BCUT2D eigenvalue weighted by Gasteiger charge is -2.38. The zero-order valence-corrected chi connectivity index (χ0v) is 24.4. The van der Waals surface area contributed by atoms with Crippen LogP contribution in [0.5, 0.6) is 5.75 Å². The highest BCUT2D eigenvalue weighted by Crippen LogP contribution is 2.33. The number of carbonyl (C=O) groups is 2. The predicted octanol–water partition coefficient (Wildman–Crippen LogP) is 3.54. The van der Waals surface area contributed by atoms with E-state index in [0.717, 1.165) is 16.6 Å². The van der Waals surface area contributed by atoms with Crippen molar-refractivity contribution in [2.75, 3.05) is 26.7 Å². The maximum atomic E-state index is 13.4. The molecular weight excluding hydrogens is 544 g/mol. The van der Waals surface area contributed by atoms with Gasteiger partial charge in [-0.05, 0) is 50.3 Å². The topological polar surface area (TPSA) is 93.8 Å². The molecule has 5 rings (SSSR count). The average Bonchev–Trinajstić information content (AvgIpc) is 3.13. The number of fused-ring (bicyclic) bond motifs is 1. The molecule has 0 saturated carbocycles. The molecule has 2 aliphatic heterocycles. The van der Waals surface area contributed by atoms with E-state index < -0.39 is 17.3 Å². The predicted molar refractivity (Wildman–Crippen MR) is 158 cm³/mol. The van der Waals surface area contributed by atoms with Crippen LogP contribution in [-0.4, -0.2) is 63.5 Å². The van der Waals surface area contributed by atoms with Crippen LogP contribution < -0.4 is 16.0 Å². The number of carbonyl (C=O) groups excluding carboxylic acids is 2. The first-order chi connectivity index (χ1) is 19.7. The van der Waals surface area contributed by atoms with E-state index in [9.17, 15) is 19.2 Å². The number of hydrogen-bond acceptors (Lipinski definition) is 5. The largest absolute Gasteiger partial charge is 0.495 e. The Bertz CT molecular complexity index is 1590. The zero-order chi connectivity index (χ0) is 29.3. The zero-order valence-electron chi connectivity index (χ0n) is 23.6. The number of amides is 2. The minimum absolute atomic E-state index is 0.0771. The van der Waals surface area contributed by atoms with Gasteiger partial charge in [-0.2, -0.15) is 0 Å². The minimum Gasteiger partial charge on any atom is -0.495 e. The third-order valence-electron chi connectivity index (χ3n) is 8.14. The Kier molecular flexibility index (Phi) is 8.35. The molecule has 1 fully saturated rings. The summed E-state index contributed by atoms with van der Waals surface area (Å²) in [5, 5.41) is 0.257. The standard InChI is InChI=1S/C31H35ClN4O5/c1-20(2)36-30(39)25(24-9-6-10-26(41-3)29(24)32)18-34(31(36)40)19-28(38)33-14-12-23(13-15-33)35-16-11-21-7-4-5-8-22(21)17-27(35)37/h4-10,18,20,23H,11-17,19H2,1-3H3. The van der Waals surface area contributed by atoms with E-state index in [1.54, 1.807) is 36.9 Å². The molecule has 1 saturated heterocycles. The van der Waals surface area contributed by atoms with Crippen LogP contribution in [-0.2, 0) is 29.0 Å². The van der Waals surface area contributed by atoms with Gasteiger partial charge in [-0.15, -0.1) is 0 Å². The first-order valence-corrected chi connectivity index (χ1v) is 14.4. The Labute approximate surface area is 243 Å². The normalized spacial score (nSPS) is 16.1. The molecule has 2 aromatic carbocycles. The van der Waals surface area contributed by atoms with Crippen molar-refractivity contribution in [3.05, 3.63) is 85.6 Å². The summed E-state index contributed by atoms with van der Waals surface area (Å²) in [6.07, 6.45) is 4.01. The van der Waals surface area contributed by atoms with Crippen LogP contribution in [0.3, 0.4) is 0 Å². The first-order valence-electron chi connectivity index (χ1n) is 14.0. The van der Waals surface area contributed by atoms with E-state index in [1.165, 1.54) is 23.4 Å². The van der Waals surface area contributed by atoms with Crippen molar-refractivity contribution in [2.45, 2.75) is 58.2 Å². The third-order valence-corrected chi connectivity index (χ3v) is 8.53. The molecule has 3 aromatic rings. The maximum absolute atomic E-state index is 13.4. The number of piperidine rings is 1. The molecule has 1 aromatic heterocycles. The van der Waals surface area contributed by atoms with Gasteiger partial charge in [-0.1, -0.05) is 48.0 Å². The van der Waals surface area contributed by atoms with E-state index in [2.05, 4.69) is 6.07 Å². The van der Waals surface area contributed by atoms with Gasteiger partial charge in [0.1, 0.15) is 12.3 Å². The molecule has 9 nitrogen and oxygen atoms in total. The molecule has 0 radical (unpaired) electrons. The van der Waals surface area contributed by atoms with Gasteiger partial charge in [-0.3, -0.25) is 23.5 Å². The van der Waals surface area contributed by atoms with Crippen LogP contribution in [0.2, 0.25) is 5.02 Å². The Hall–Kier alpha value is -3.85. The summed E-state index contributed by atoms with van der Waals surface area (Å²) >= 11 is 6.53. The van der Waals surface area contributed by atoms with Crippen LogP contribution >= 0.6 is 11.6 Å². The van der Waals surface area contributed by atoms with Crippen molar-refractivity contribution in [2.24, 2.45) is 0 Å². The van der Waals surface area contributed by atoms with Crippen molar-refractivity contribution in [3.63, 3.8) is 0 Å². The summed E-state index contributed by atoms with van der Waals surface area (Å²) in [5.74, 6) is 0.325. The smallest absolute Gasteiger partial charge is 0.331 e. The molecule has 2 amide bonds. The monoisotopic (exact) mass is 578 g/mol. The number of methoxy groups -OCH3 is 1. The molecule has 0 aliphatic carbocycles. The number of ether oxygens (including phenoxy) is 1. The lowest BCUT2D eigenvalue weighted by Crippen LogP contribution is -2.50. The number of rotatable bonds is 6. The highest BCUT2D eigenvalue weighted by molar-refractivity contribution is 6.34. The van der Waals surface area contributed by atoms with Gasteiger partial charge < -0.3 is 14.5 Å². The van der Waals surface area contributed by atoms with Crippen molar-refractivity contribution in [3.8, 4) is 16.9 Å². The maximum Gasteiger partial charge on any atom is 0.331 e. The average molecular weight is 579 g/mol. The second-order valence-corrected chi connectivity index (χ2v) is 11.3. The summed E-state index contributed by atoms with van der Waals surface area (Å²) in [6.45, 7) is 4.96. The molecule has 0 bridgehead atoms. The number of likely N-dealkylation sites (tertiary alicyclic amines) is 1. The Balaban J connectivity index is 1.33. The van der Waals surface area contributed by atoms with Crippen LogP contribution in [0.25, 0.3) is 11.1 Å². The van der Waals surface area contributed by atoms with E-state index >= 15 is 0 Å². The minimum atomic E-state index is -0.550. The van der Waals surface area contributed by atoms with Gasteiger partial charge >= 0.3 is 5.69 Å². The van der Waals surface area contributed by atoms with E-state index in [0.29, 0.717) is 50.2 Å². The summed E-state index contributed by atoms with van der Waals surface area (Å²) in [4.78, 5) is 56.9. The first kappa shape index (κ1) is 28.7. The van der Waals surface area contributed by atoms with Gasteiger partial charge in [0.25, 0.3) is 5.56 Å². The van der Waals surface area contributed by atoms with Crippen LogP contribution in [0.15, 0.2) is 58.3 Å². The second kappa shape index (κ2) is 11.9. The molecule has 0 atom stereocenters. The van der Waals surface area contributed by atoms with Gasteiger partial charge in [0.2, 0.25) is 11.8 Å². The fourth-order valence-electron chi connectivity index (χ4n) is 5.91. The molecule has 216 valence electrons. The molecule has 0 spiro atoms. The number of halogens is 1. The molecule has 0 N–H and O–H groups in total. The molecule has 41 heavy (non-hydrogen) atoms. The van der Waals surface area contributed by atoms with Crippen molar-refractivity contribution < 1.29 is 14.3 Å². The van der Waals surface area contributed by atoms with E-state index in [-0.39, 0.29) is 35.0 Å². The van der Waals surface area contributed by atoms with Gasteiger partial charge in [0.05, 0.1) is 24.1 Å². The second-order valence-electron chi connectivity index (χ2n) is 10.9. The van der Waals surface area contributed by atoms with Crippen molar-refractivity contribution >= 4 is 23.4 Å². The molecule has 2 aliphatic rings. The van der Waals surface area contributed by atoms with Gasteiger partial charge in [0, 0.05) is 43.5 Å². The Morgan fingerprint density at radius 2 is 1.68 bits per heavy atom. The highest BCUT2D eigenvalue weighted by atomic mass is 35.5. The Morgan fingerprint density at radius 3 is 2.37 bits per heavy atom. The number of benzene rings is 2. The molecule has 10 heteroatoms. The van der Waals surface area contributed by atoms with Gasteiger partial charge in [0.15, 0.2) is 0 Å². The fraction of sp³-hybridized carbons (Fsp3) is 0.419. The van der Waals surface area contributed by atoms with Crippen LogP contribution in [0.4, 0.5) is 0 Å². The lowest BCUT2D eigenvalue weighted by atomic mass is 10.0. The number of hydrogen-bond donors (Lipinski definition) is 0. The summed E-state index contributed by atoms with van der Waals surface area (Å²) < 4.78 is 7.74. The Morgan fingerprint density at radius 1 is 0.976 bits per heavy atom. The quantitative estimate of drug-likeness (QED) is 0.446. The highest BCUT2D eigenvalue weighted by Gasteiger charge is 2.31. The van der Waals surface area contributed by atoms with Crippen molar-refractivity contribution in [1.82, 2.24) is 18.9 Å². The third kappa shape index (κ3) is 5.68. The van der Waals surface area contributed by atoms with E-state index in [1.807, 2.05) is 23.1 Å². The van der Waals surface area contributed by atoms with Crippen LogP contribution in [0, 0.1) is 0 Å². The van der Waals surface area contributed by atoms with Crippen LogP contribution in [0.1, 0.15) is 43.9 Å². The summed E-state index contributed by atoms with van der Waals surface area (Å²) in [5.41, 5.74) is 1.93. The molecule has 3 heterocycles. The molecule has 0 unspecified atom stereocenters. The summed E-state index contributed by atoms with van der Waals surface area (Å²) in [6, 6.07) is 12.8. The SMILES string of the molecule is COc1cccc(-c2cn(CC(=O)N3CCC(N4CCc5ccccc5CC4=O)CC3)c(=O)n(C(C)C)c2=O)c1Cl. The van der Waals surface area contributed by atoms with Crippen molar-refractivity contribution in [1.29, 1.82) is 0 Å². The lowest BCUT2D eigenvalue weighted by molar-refractivity contribution is -0.136. The molecular formula is C31H35ClN4O5. The number of aromatic nitrogens is 2. The van der Waals surface area contributed by atoms with Gasteiger partial charge in [-0.25, -0.2) is 4.79 Å².